The number of nitrogens with zero attached hydrogens (tertiary/aromatic N) is 1. The third kappa shape index (κ3) is 2.28. The van der Waals surface area contributed by atoms with E-state index in [1.165, 1.54) is 0 Å². The first-order valence-corrected chi connectivity index (χ1v) is 6.54. The van der Waals surface area contributed by atoms with Crippen LogP contribution in [0.5, 0.6) is 5.75 Å². The lowest BCUT2D eigenvalue weighted by molar-refractivity contribution is 0.0926. The van der Waals surface area contributed by atoms with E-state index in [2.05, 4.69) is 0 Å². The Morgan fingerprint density at radius 3 is 2.24 bits per heavy atom. The van der Waals surface area contributed by atoms with E-state index in [-0.39, 0.29) is 25.0 Å². The van der Waals surface area contributed by atoms with Crippen molar-refractivity contribution in [2.45, 2.75) is 0 Å². The fourth-order valence-electron chi connectivity index (χ4n) is 2.30. The summed E-state index contributed by atoms with van der Waals surface area (Å²) in [5.41, 5.74) is 1.27. The van der Waals surface area contributed by atoms with Crippen molar-refractivity contribution in [2.24, 2.45) is 0 Å². The van der Waals surface area contributed by atoms with E-state index < -0.39 is 0 Å². The van der Waals surface area contributed by atoms with Crippen LogP contribution < -0.4 is 9.64 Å². The van der Waals surface area contributed by atoms with Gasteiger partial charge in [-0.15, -0.1) is 0 Å². The molecule has 0 fully saturated rings. The van der Waals surface area contributed by atoms with Gasteiger partial charge in [-0.2, -0.15) is 0 Å². The number of ether oxygens (including phenoxy) is 1. The van der Waals surface area contributed by atoms with Crippen LogP contribution in [0.15, 0.2) is 48.5 Å². The van der Waals surface area contributed by atoms with Gasteiger partial charge in [0.25, 0.3) is 11.8 Å². The molecule has 0 spiro atoms. The largest absolute Gasteiger partial charge is 0.491 e. The number of carbonyl (C=O) groups is 2. The molecule has 0 unspecified atom stereocenters. The van der Waals surface area contributed by atoms with Gasteiger partial charge in [0.2, 0.25) is 0 Å². The van der Waals surface area contributed by atoms with Crippen LogP contribution in [0.1, 0.15) is 20.7 Å². The Balaban J connectivity index is 1.95. The van der Waals surface area contributed by atoms with Gasteiger partial charge in [-0.25, -0.2) is 4.90 Å². The predicted molar refractivity (Wildman–Crippen MR) is 76.6 cm³/mol. The summed E-state index contributed by atoms with van der Waals surface area (Å²) in [7, 11) is 0. The van der Waals surface area contributed by atoms with Crippen molar-refractivity contribution in [3.05, 3.63) is 59.7 Å². The quantitative estimate of drug-likeness (QED) is 0.870. The molecule has 3 rings (SSSR count). The van der Waals surface area contributed by atoms with Gasteiger partial charge in [-0.1, -0.05) is 18.2 Å². The lowest BCUT2D eigenvalue weighted by atomic mass is 10.1. The zero-order chi connectivity index (χ0) is 14.8. The minimum atomic E-state index is -0.338. The number of aliphatic hydroxyl groups excluding tert-OH is 1. The summed E-state index contributed by atoms with van der Waals surface area (Å²) in [4.78, 5) is 25.8. The van der Waals surface area contributed by atoms with Crippen LogP contribution in [0.3, 0.4) is 0 Å². The van der Waals surface area contributed by atoms with Gasteiger partial charge in [0.15, 0.2) is 0 Å². The first kappa shape index (κ1) is 13.3. The average molecular weight is 283 g/mol. The van der Waals surface area contributed by atoms with Crippen LogP contribution in [-0.2, 0) is 0 Å². The predicted octanol–water partition coefficient (Wildman–Crippen LogP) is 1.86. The van der Waals surface area contributed by atoms with Crippen LogP contribution in [0.2, 0.25) is 0 Å². The Labute approximate surface area is 121 Å². The average Bonchev–Trinajstić information content (AvgIpc) is 2.78. The Bertz CT molecular complexity index is 676. The molecular formula is C16H13NO4. The lowest BCUT2D eigenvalue weighted by Crippen LogP contribution is -2.29. The number of hydrogen-bond donors (Lipinski definition) is 1. The first-order chi connectivity index (χ1) is 10.2. The smallest absolute Gasteiger partial charge is 0.266 e. The summed E-state index contributed by atoms with van der Waals surface area (Å²) in [6.07, 6.45) is 0. The molecule has 0 bridgehead atoms. The molecule has 0 saturated carbocycles. The van der Waals surface area contributed by atoms with Gasteiger partial charge >= 0.3 is 0 Å². The highest BCUT2D eigenvalue weighted by Gasteiger charge is 2.36. The monoisotopic (exact) mass is 283 g/mol. The number of hydrogen-bond acceptors (Lipinski definition) is 4. The third-order valence-electron chi connectivity index (χ3n) is 3.23. The normalized spacial score (nSPS) is 13.5. The zero-order valence-corrected chi connectivity index (χ0v) is 11.2. The Kier molecular flexibility index (Phi) is 3.41. The van der Waals surface area contributed by atoms with Gasteiger partial charge in [-0.3, -0.25) is 9.59 Å². The molecule has 1 N–H and O–H groups in total. The van der Waals surface area contributed by atoms with Crippen molar-refractivity contribution < 1.29 is 19.4 Å². The summed E-state index contributed by atoms with van der Waals surface area (Å²) in [5.74, 6) is -0.178. The molecule has 1 aliphatic rings. The topological polar surface area (TPSA) is 66.8 Å². The van der Waals surface area contributed by atoms with Crippen molar-refractivity contribution in [3.8, 4) is 5.75 Å². The molecule has 0 aliphatic carbocycles. The van der Waals surface area contributed by atoms with E-state index in [0.29, 0.717) is 22.6 Å². The second-order valence-corrected chi connectivity index (χ2v) is 4.56. The Morgan fingerprint density at radius 1 is 0.952 bits per heavy atom. The summed E-state index contributed by atoms with van der Waals surface area (Å²) in [5, 5.41) is 8.77. The maximum Gasteiger partial charge on any atom is 0.266 e. The molecular weight excluding hydrogens is 270 g/mol. The minimum Gasteiger partial charge on any atom is -0.491 e. The Morgan fingerprint density at radius 2 is 1.62 bits per heavy atom. The number of imide groups is 1. The number of anilines is 1. The van der Waals surface area contributed by atoms with E-state index >= 15 is 0 Å². The lowest BCUT2D eigenvalue weighted by Gasteiger charge is -2.15. The van der Waals surface area contributed by atoms with E-state index in [1.54, 1.807) is 48.5 Å². The first-order valence-electron chi connectivity index (χ1n) is 6.54. The number of amides is 2. The van der Waals surface area contributed by atoms with Gasteiger partial charge in [0.05, 0.1) is 23.4 Å². The summed E-state index contributed by atoms with van der Waals surface area (Å²) < 4.78 is 5.30. The fraction of sp³-hybridized carbons (Fsp3) is 0.125. The van der Waals surface area contributed by atoms with Crippen molar-refractivity contribution in [3.63, 3.8) is 0 Å². The number of aliphatic hydroxyl groups is 1. The summed E-state index contributed by atoms with van der Waals surface area (Å²) >= 11 is 0. The maximum atomic E-state index is 12.4. The molecule has 0 saturated heterocycles. The van der Waals surface area contributed by atoms with Gasteiger partial charge in [0, 0.05) is 6.07 Å². The van der Waals surface area contributed by atoms with Crippen LogP contribution in [0.25, 0.3) is 0 Å². The second kappa shape index (κ2) is 5.38. The van der Waals surface area contributed by atoms with Gasteiger partial charge < -0.3 is 9.84 Å². The number of fused-ring (bicyclic) bond motifs is 1. The Hall–Kier alpha value is -2.66. The maximum absolute atomic E-state index is 12.4. The van der Waals surface area contributed by atoms with Crippen LogP contribution in [0, 0.1) is 0 Å². The molecule has 0 atom stereocenters. The van der Waals surface area contributed by atoms with E-state index in [0.717, 1.165) is 4.90 Å². The van der Waals surface area contributed by atoms with Gasteiger partial charge in [0.1, 0.15) is 12.4 Å². The number of carbonyl (C=O) groups excluding carboxylic acids is 2. The standard InChI is InChI=1S/C16H13NO4/c18-8-9-21-12-5-3-4-11(10-12)17-15(19)13-6-1-2-7-14(13)16(17)20/h1-7,10,18H,8-9H2. The molecule has 5 heteroatoms. The highest BCUT2D eigenvalue weighted by molar-refractivity contribution is 6.34. The van der Waals surface area contributed by atoms with Crippen LogP contribution >= 0.6 is 0 Å². The molecule has 1 aliphatic heterocycles. The molecule has 0 radical (unpaired) electrons. The molecule has 5 nitrogen and oxygen atoms in total. The van der Waals surface area contributed by atoms with Crippen LogP contribution in [0.4, 0.5) is 5.69 Å². The molecule has 1 heterocycles. The third-order valence-corrected chi connectivity index (χ3v) is 3.23. The molecule has 0 aromatic heterocycles. The highest BCUT2D eigenvalue weighted by atomic mass is 16.5. The van der Waals surface area contributed by atoms with E-state index in [9.17, 15) is 9.59 Å². The second-order valence-electron chi connectivity index (χ2n) is 4.56. The SMILES string of the molecule is O=C1c2ccccc2C(=O)N1c1cccc(OCCO)c1. The van der Waals surface area contributed by atoms with E-state index in [1.807, 2.05) is 0 Å². The van der Waals surface area contributed by atoms with Crippen molar-refractivity contribution in [2.75, 3.05) is 18.1 Å². The molecule has 21 heavy (non-hydrogen) atoms. The zero-order valence-electron chi connectivity index (χ0n) is 11.2. The summed E-state index contributed by atoms with van der Waals surface area (Å²) in [6, 6.07) is 13.4. The van der Waals surface area contributed by atoms with Crippen molar-refractivity contribution in [1.82, 2.24) is 0 Å². The molecule has 2 aromatic rings. The van der Waals surface area contributed by atoms with Crippen molar-refractivity contribution >= 4 is 17.5 Å². The minimum absolute atomic E-state index is 0.1000. The number of benzene rings is 2. The van der Waals surface area contributed by atoms with Crippen molar-refractivity contribution in [1.29, 1.82) is 0 Å². The van der Waals surface area contributed by atoms with Gasteiger partial charge in [-0.05, 0) is 24.3 Å². The fourth-order valence-corrected chi connectivity index (χ4v) is 2.30. The summed E-state index contributed by atoms with van der Waals surface area (Å²) in [6.45, 7) is 0.0583. The number of rotatable bonds is 4. The highest BCUT2D eigenvalue weighted by Crippen LogP contribution is 2.30. The molecule has 106 valence electrons. The molecule has 2 aromatic carbocycles. The molecule has 2 amide bonds. The van der Waals surface area contributed by atoms with Crippen LogP contribution in [-0.4, -0.2) is 30.1 Å². The van der Waals surface area contributed by atoms with E-state index in [4.69, 9.17) is 9.84 Å².